The predicted molar refractivity (Wildman–Crippen MR) is 101 cm³/mol. The molecular formula is C20H32N2O3. The van der Waals surface area contributed by atoms with Crippen LogP contribution in [0.25, 0.3) is 0 Å². The Labute approximate surface area is 151 Å². The zero-order chi connectivity index (χ0) is 18.1. The van der Waals surface area contributed by atoms with E-state index in [4.69, 9.17) is 9.47 Å². The van der Waals surface area contributed by atoms with Gasteiger partial charge in [0.25, 0.3) is 5.91 Å². The maximum absolute atomic E-state index is 12.3. The number of carbonyl (C=O) groups excluding carboxylic acids is 1. The lowest BCUT2D eigenvalue weighted by atomic mass is 10.1. The van der Waals surface area contributed by atoms with Crippen molar-refractivity contribution in [3.63, 3.8) is 0 Å². The van der Waals surface area contributed by atoms with Gasteiger partial charge in [-0.15, -0.1) is 0 Å². The van der Waals surface area contributed by atoms with Crippen molar-refractivity contribution in [1.29, 1.82) is 0 Å². The Hall–Kier alpha value is -1.75. The van der Waals surface area contributed by atoms with E-state index < -0.39 is 0 Å². The van der Waals surface area contributed by atoms with Crippen LogP contribution in [0.15, 0.2) is 12.1 Å². The number of rotatable bonds is 9. The molecule has 1 aromatic rings. The number of hydrogen-bond acceptors (Lipinski definition) is 4. The van der Waals surface area contributed by atoms with Crippen molar-refractivity contribution in [2.75, 3.05) is 40.4 Å². The molecule has 140 valence electrons. The van der Waals surface area contributed by atoms with E-state index in [1.165, 1.54) is 45.3 Å². The minimum absolute atomic E-state index is 0.0763. The van der Waals surface area contributed by atoms with Crippen LogP contribution >= 0.6 is 0 Å². The zero-order valence-corrected chi connectivity index (χ0v) is 15.9. The second-order valence-corrected chi connectivity index (χ2v) is 6.72. The number of nitrogens with one attached hydrogen (secondary N) is 1. The summed E-state index contributed by atoms with van der Waals surface area (Å²) >= 11 is 0. The molecule has 25 heavy (non-hydrogen) atoms. The Kier molecular flexibility index (Phi) is 8.06. The van der Waals surface area contributed by atoms with Gasteiger partial charge in [-0.1, -0.05) is 12.8 Å². The molecule has 5 heteroatoms. The highest BCUT2D eigenvalue weighted by Gasteiger charge is 2.13. The number of amides is 1. The third-order valence-electron chi connectivity index (χ3n) is 4.90. The van der Waals surface area contributed by atoms with Gasteiger partial charge < -0.3 is 19.7 Å². The van der Waals surface area contributed by atoms with Crippen molar-refractivity contribution in [3.8, 4) is 11.5 Å². The van der Waals surface area contributed by atoms with Gasteiger partial charge in [0.15, 0.2) is 0 Å². The van der Waals surface area contributed by atoms with Crippen molar-refractivity contribution in [2.45, 2.75) is 45.4 Å². The maximum atomic E-state index is 12.3. The van der Waals surface area contributed by atoms with Crippen molar-refractivity contribution < 1.29 is 14.3 Å². The van der Waals surface area contributed by atoms with Crippen LogP contribution in [0.3, 0.4) is 0 Å². The maximum Gasteiger partial charge on any atom is 0.251 e. The summed E-state index contributed by atoms with van der Waals surface area (Å²) < 4.78 is 10.7. The number of benzene rings is 1. The molecule has 1 amide bonds. The first-order valence-electron chi connectivity index (χ1n) is 9.39. The van der Waals surface area contributed by atoms with Crippen LogP contribution in [-0.2, 0) is 0 Å². The molecule has 0 unspecified atom stereocenters. The molecule has 1 aliphatic heterocycles. The molecule has 0 aliphatic carbocycles. The minimum atomic E-state index is -0.0763. The fourth-order valence-corrected chi connectivity index (χ4v) is 3.34. The van der Waals surface area contributed by atoms with Crippen LogP contribution in [0.2, 0.25) is 0 Å². The van der Waals surface area contributed by atoms with E-state index in [1.807, 2.05) is 6.92 Å². The molecule has 0 atom stereocenters. The summed E-state index contributed by atoms with van der Waals surface area (Å²) in [5, 5.41) is 3.00. The summed E-state index contributed by atoms with van der Waals surface area (Å²) in [6.07, 6.45) is 7.45. The highest BCUT2D eigenvalue weighted by molar-refractivity contribution is 5.95. The van der Waals surface area contributed by atoms with Crippen molar-refractivity contribution in [1.82, 2.24) is 10.2 Å². The van der Waals surface area contributed by atoms with Gasteiger partial charge in [-0.25, -0.2) is 0 Å². The van der Waals surface area contributed by atoms with Gasteiger partial charge in [-0.05, 0) is 64.4 Å². The van der Waals surface area contributed by atoms with E-state index in [9.17, 15) is 4.79 Å². The number of hydrogen-bond donors (Lipinski definition) is 1. The molecule has 1 aliphatic rings. The van der Waals surface area contributed by atoms with Gasteiger partial charge in [0.1, 0.15) is 11.5 Å². The SMILES string of the molecule is COc1cc(C(=O)NCCCCCN2CCCCC2)cc(OC)c1C. The summed E-state index contributed by atoms with van der Waals surface area (Å²) in [4.78, 5) is 14.9. The standard InChI is InChI=1S/C20H32N2O3/c1-16-18(24-2)14-17(15-19(16)25-3)20(23)21-10-6-4-7-11-22-12-8-5-9-13-22/h14-15H,4-13H2,1-3H3,(H,21,23). The Bertz CT molecular complexity index is 529. The highest BCUT2D eigenvalue weighted by atomic mass is 16.5. The van der Waals surface area contributed by atoms with Crippen molar-refractivity contribution >= 4 is 5.91 Å². The van der Waals surface area contributed by atoms with Crippen LogP contribution in [0, 0.1) is 6.92 Å². The van der Waals surface area contributed by atoms with E-state index in [0.717, 1.165) is 18.4 Å². The summed E-state index contributed by atoms with van der Waals surface area (Å²) in [6.45, 7) is 6.33. The van der Waals surface area contributed by atoms with Gasteiger partial charge in [0.05, 0.1) is 14.2 Å². The second kappa shape index (κ2) is 10.3. The zero-order valence-electron chi connectivity index (χ0n) is 15.9. The van der Waals surface area contributed by atoms with Crippen LogP contribution in [0.1, 0.15) is 54.4 Å². The van der Waals surface area contributed by atoms with E-state index in [1.54, 1.807) is 26.4 Å². The summed E-state index contributed by atoms with van der Waals surface area (Å²) in [7, 11) is 3.21. The lowest BCUT2D eigenvalue weighted by molar-refractivity contribution is 0.0952. The number of ether oxygens (including phenoxy) is 2. The second-order valence-electron chi connectivity index (χ2n) is 6.72. The number of nitrogens with zero attached hydrogens (tertiary/aromatic N) is 1. The van der Waals surface area contributed by atoms with E-state index in [2.05, 4.69) is 10.2 Å². The van der Waals surface area contributed by atoms with Gasteiger partial charge in [0, 0.05) is 17.7 Å². The summed E-state index contributed by atoms with van der Waals surface area (Å²) in [5.41, 5.74) is 1.48. The monoisotopic (exact) mass is 348 g/mol. The minimum Gasteiger partial charge on any atom is -0.496 e. The fourth-order valence-electron chi connectivity index (χ4n) is 3.34. The van der Waals surface area contributed by atoms with Gasteiger partial charge in [-0.3, -0.25) is 4.79 Å². The summed E-state index contributed by atoms with van der Waals surface area (Å²) in [6, 6.07) is 3.53. The average Bonchev–Trinajstić information content (AvgIpc) is 2.65. The topological polar surface area (TPSA) is 50.8 Å². The molecule has 1 N–H and O–H groups in total. The molecule has 1 saturated heterocycles. The first kappa shape index (κ1) is 19.6. The smallest absolute Gasteiger partial charge is 0.251 e. The molecule has 0 aromatic heterocycles. The fraction of sp³-hybridized carbons (Fsp3) is 0.650. The van der Waals surface area contributed by atoms with E-state index in [0.29, 0.717) is 23.6 Å². The Morgan fingerprint density at radius 3 is 2.28 bits per heavy atom. The molecule has 0 saturated carbocycles. The molecule has 0 spiro atoms. The van der Waals surface area contributed by atoms with Crippen LogP contribution in [-0.4, -0.2) is 51.2 Å². The number of carbonyl (C=O) groups is 1. The molecule has 0 radical (unpaired) electrons. The van der Waals surface area contributed by atoms with E-state index in [-0.39, 0.29) is 5.91 Å². The van der Waals surface area contributed by atoms with Crippen LogP contribution in [0.4, 0.5) is 0 Å². The largest absolute Gasteiger partial charge is 0.496 e. The first-order chi connectivity index (χ1) is 12.2. The number of piperidine rings is 1. The number of methoxy groups -OCH3 is 2. The molecular weight excluding hydrogens is 316 g/mol. The lowest BCUT2D eigenvalue weighted by Crippen LogP contribution is -2.30. The summed E-state index contributed by atoms with van der Waals surface area (Å²) in [5.74, 6) is 1.27. The molecule has 1 aromatic carbocycles. The van der Waals surface area contributed by atoms with Crippen LogP contribution in [0.5, 0.6) is 11.5 Å². The Balaban J connectivity index is 1.71. The molecule has 2 rings (SSSR count). The normalized spacial score (nSPS) is 15.0. The molecule has 0 bridgehead atoms. The number of likely N-dealkylation sites (tertiary alicyclic amines) is 1. The highest BCUT2D eigenvalue weighted by Crippen LogP contribution is 2.29. The third-order valence-corrected chi connectivity index (χ3v) is 4.90. The quantitative estimate of drug-likeness (QED) is 0.695. The van der Waals surface area contributed by atoms with Gasteiger partial charge >= 0.3 is 0 Å². The average molecular weight is 348 g/mol. The predicted octanol–water partition coefficient (Wildman–Crippen LogP) is 3.40. The van der Waals surface area contributed by atoms with E-state index >= 15 is 0 Å². The number of unbranched alkanes of at least 4 members (excludes halogenated alkanes) is 2. The Morgan fingerprint density at radius 2 is 1.68 bits per heavy atom. The van der Waals surface area contributed by atoms with Gasteiger partial charge in [-0.2, -0.15) is 0 Å². The molecule has 1 fully saturated rings. The van der Waals surface area contributed by atoms with Crippen LogP contribution < -0.4 is 14.8 Å². The van der Waals surface area contributed by atoms with Crippen molar-refractivity contribution in [3.05, 3.63) is 23.3 Å². The van der Waals surface area contributed by atoms with Crippen molar-refractivity contribution in [2.24, 2.45) is 0 Å². The van der Waals surface area contributed by atoms with Gasteiger partial charge in [0.2, 0.25) is 0 Å². The third kappa shape index (κ3) is 5.92. The first-order valence-corrected chi connectivity index (χ1v) is 9.39. The molecule has 1 heterocycles. The Morgan fingerprint density at radius 1 is 1.04 bits per heavy atom. The molecule has 5 nitrogen and oxygen atoms in total. The lowest BCUT2D eigenvalue weighted by Gasteiger charge is -2.26.